The highest BCUT2D eigenvalue weighted by Crippen LogP contribution is 2.24. The molecule has 3 aromatic heterocycles. The number of esters is 1. The normalized spacial score (nSPS) is 10.9. The molecule has 0 aliphatic carbocycles. The second-order valence-corrected chi connectivity index (χ2v) is 7.96. The fourth-order valence-electron chi connectivity index (χ4n) is 3.89. The summed E-state index contributed by atoms with van der Waals surface area (Å²) in [5.74, 6) is -0.364. The first-order valence-corrected chi connectivity index (χ1v) is 10.9. The van der Waals surface area contributed by atoms with Gasteiger partial charge in [-0.05, 0) is 45.4 Å². The summed E-state index contributed by atoms with van der Waals surface area (Å²) in [7, 11) is 0. The zero-order valence-corrected chi connectivity index (χ0v) is 19.5. The van der Waals surface area contributed by atoms with Gasteiger partial charge in [-0.2, -0.15) is 9.78 Å². The van der Waals surface area contributed by atoms with Crippen molar-refractivity contribution < 1.29 is 14.3 Å². The van der Waals surface area contributed by atoms with E-state index in [2.05, 4.69) is 15.4 Å². The summed E-state index contributed by atoms with van der Waals surface area (Å²) in [4.78, 5) is 42.0. The van der Waals surface area contributed by atoms with E-state index in [0.717, 1.165) is 16.5 Å². The van der Waals surface area contributed by atoms with Crippen LogP contribution >= 0.6 is 0 Å². The van der Waals surface area contributed by atoms with Gasteiger partial charge in [0.15, 0.2) is 17.1 Å². The van der Waals surface area contributed by atoms with Crippen molar-refractivity contribution in [3.8, 4) is 5.82 Å². The number of amides is 1. The number of hydrogen-bond donors (Lipinski definition) is 1. The number of aryl methyl sites for hydroxylation is 3. The molecule has 174 valence electrons. The largest absolute Gasteiger partial charge is 0.462 e. The number of hydrogen-bond acceptors (Lipinski definition) is 6. The molecule has 34 heavy (non-hydrogen) atoms. The minimum atomic E-state index is -0.600. The van der Waals surface area contributed by atoms with Gasteiger partial charge < -0.3 is 14.6 Å². The third-order valence-electron chi connectivity index (χ3n) is 5.50. The van der Waals surface area contributed by atoms with Gasteiger partial charge in [-0.15, -0.1) is 0 Å². The van der Waals surface area contributed by atoms with Crippen LogP contribution in [0.5, 0.6) is 0 Å². The number of benzene rings is 1. The van der Waals surface area contributed by atoms with Crippen LogP contribution < -0.4 is 10.7 Å². The Labute approximate surface area is 196 Å². The minimum absolute atomic E-state index is 0.0461. The lowest BCUT2D eigenvalue weighted by molar-refractivity contribution is -0.116. The van der Waals surface area contributed by atoms with Crippen molar-refractivity contribution >= 4 is 28.6 Å². The van der Waals surface area contributed by atoms with Crippen LogP contribution in [0.15, 0.2) is 53.5 Å². The molecule has 0 radical (unpaired) electrons. The van der Waals surface area contributed by atoms with E-state index in [1.807, 2.05) is 37.3 Å². The van der Waals surface area contributed by atoms with Gasteiger partial charge in [0.05, 0.1) is 18.3 Å². The van der Waals surface area contributed by atoms with E-state index in [0.29, 0.717) is 17.2 Å². The van der Waals surface area contributed by atoms with Crippen molar-refractivity contribution in [3.05, 3.63) is 81.4 Å². The van der Waals surface area contributed by atoms with Crippen LogP contribution in [0, 0.1) is 20.8 Å². The number of carbonyl (C=O) groups excluding carboxylic acids is 2. The molecule has 0 unspecified atom stereocenters. The Morgan fingerprint density at radius 3 is 2.47 bits per heavy atom. The van der Waals surface area contributed by atoms with E-state index in [4.69, 9.17) is 4.74 Å². The number of pyridine rings is 2. The molecule has 1 N–H and O–H groups in total. The van der Waals surface area contributed by atoms with Gasteiger partial charge >= 0.3 is 5.97 Å². The molecule has 9 nitrogen and oxygen atoms in total. The van der Waals surface area contributed by atoms with Crippen molar-refractivity contribution in [2.24, 2.45) is 0 Å². The molecule has 0 atom stereocenters. The molecule has 0 aliphatic rings. The number of nitrogens with one attached hydrogen (secondary N) is 1. The highest BCUT2D eigenvalue weighted by Gasteiger charge is 2.23. The quantitative estimate of drug-likeness (QED) is 0.443. The van der Waals surface area contributed by atoms with E-state index in [1.54, 1.807) is 25.3 Å². The maximum Gasteiger partial charge on any atom is 0.343 e. The van der Waals surface area contributed by atoms with Crippen molar-refractivity contribution in [2.75, 3.05) is 11.9 Å². The van der Waals surface area contributed by atoms with Gasteiger partial charge in [0, 0.05) is 28.9 Å². The molecule has 0 saturated carbocycles. The smallest absolute Gasteiger partial charge is 0.343 e. The Hall–Kier alpha value is -4.27. The van der Waals surface area contributed by atoms with Crippen LogP contribution in [-0.2, 0) is 16.1 Å². The molecule has 9 heteroatoms. The summed E-state index contributed by atoms with van der Waals surface area (Å²) in [6, 6.07) is 12.5. The number of nitrogens with zero attached hydrogens (tertiary/aromatic N) is 4. The van der Waals surface area contributed by atoms with Crippen LogP contribution in [0.2, 0.25) is 0 Å². The van der Waals surface area contributed by atoms with Crippen LogP contribution in [0.1, 0.15) is 34.2 Å². The van der Waals surface area contributed by atoms with Crippen LogP contribution in [0.4, 0.5) is 5.82 Å². The van der Waals surface area contributed by atoms with Gasteiger partial charge in [-0.1, -0.05) is 18.2 Å². The number of rotatable bonds is 6. The van der Waals surface area contributed by atoms with Gasteiger partial charge in [0.1, 0.15) is 12.1 Å². The first kappa shape index (κ1) is 22.9. The molecule has 0 aliphatic heterocycles. The number of para-hydroxylation sites is 1. The summed E-state index contributed by atoms with van der Waals surface area (Å²) >= 11 is 0. The SMILES string of the molecule is CCOC(=O)c1cnn(-c2cc(C)c3ccccc3n2)c1NC(=O)Cn1c(C)cc(=O)cc1C. The number of fused-ring (bicyclic) bond motifs is 1. The molecule has 1 aromatic carbocycles. The maximum atomic E-state index is 13.0. The van der Waals surface area contributed by atoms with E-state index in [1.165, 1.54) is 23.0 Å². The molecular weight excluding hydrogens is 434 g/mol. The molecule has 4 rings (SSSR count). The average Bonchev–Trinajstić information content (AvgIpc) is 3.20. The van der Waals surface area contributed by atoms with Gasteiger partial charge in [0.2, 0.25) is 5.91 Å². The Kier molecular flexibility index (Phi) is 6.27. The fraction of sp³-hybridized carbons (Fsp3) is 0.240. The maximum absolute atomic E-state index is 13.0. The van der Waals surface area contributed by atoms with Gasteiger partial charge in [-0.25, -0.2) is 9.78 Å². The zero-order chi connectivity index (χ0) is 24.4. The lowest BCUT2D eigenvalue weighted by atomic mass is 10.1. The minimum Gasteiger partial charge on any atom is -0.462 e. The predicted molar refractivity (Wildman–Crippen MR) is 128 cm³/mol. The highest BCUT2D eigenvalue weighted by atomic mass is 16.5. The van der Waals surface area contributed by atoms with Gasteiger partial charge in [0.25, 0.3) is 0 Å². The van der Waals surface area contributed by atoms with Crippen molar-refractivity contribution in [1.82, 2.24) is 19.3 Å². The third-order valence-corrected chi connectivity index (χ3v) is 5.50. The van der Waals surface area contributed by atoms with E-state index in [9.17, 15) is 14.4 Å². The monoisotopic (exact) mass is 459 g/mol. The van der Waals surface area contributed by atoms with E-state index in [-0.39, 0.29) is 35.9 Å². The number of carbonyl (C=O) groups is 2. The number of aromatic nitrogens is 4. The van der Waals surface area contributed by atoms with Crippen LogP contribution in [0.25, 0.3) is 16.7 Å². The third kappa shape index (κ3) is 4.45. The molecule has 0 fully saturated rings. The van der Waals surface area contributed by atoms with Gasteiger partial charge in [-0.3, -0.25) is 9.59 Å². The Balaban J connectivity index is 1.75. The summed E-state index contributed by atoms with van der Waals surface area (Å²) < 4.78 is 8.31. The molecule has 4 aromatic rings. The molecule has 3 heterocycles. The standard InChI is InChI=1S/C25H25N5O4/c1-5-34-25(33)20-13-26-30(22-10-15(2)19-8-6-7-9-21(19)27-22)24(20)28-23(32)14-29-16(3)11-18(31)12-17(29)4/h6-13H,5,14H2,1-4H3,(H,28,32). The van der Waals surface area contributed by atoms with Crippen molar-refractivity contribution in [3.63, 3.8) is 0 Å². The lowest BCUT2D eigenvalue weighted by Gasteiger charge is -2.15. The zero-order valence-electron chi connectivity index (χ0n) is 19.5. The molecular formula is C25H25N5O4. The average molecular weight is 460 g/mol. The summed E-state index contributed by atoms with van der Waals surface area (Å²) in [6.45, 7) is 7.33. The van der Waals surface area contributed by atoms with E-state index < -0.39 is 5.97 Å². The Bertz CT molecular complexity index is 1440. The second kappa shape index (κ2) is 9.30. The number of ether oxygens (including phenoxy) is 1. The summed E-state index contributed by atoms with van der Waals surface area (Å²) in [5, 5.41) is 8.14. The fourth-order valence-corrected chi connectivity index (χ4v) is 3.89. The topological polar surface area (TPSA) is 108 Å². The lowest BCUT2D eigenvalue weighted by Crippen LogP contribution is -2.25. The summed E-state index contributed by atoms with van der Waals surface area (Å²) in [6.07, 6.45) is 1.36. The van der Waals surface area contributed by atoms with Crippen molar-refractivity contribution in [2.45, 2.75) is 34.2 Å². The number of anilines is 1. The van der Waals surface area contributed by atoms with Crippen LogP contribution in [-0.4, -0.2) is 37.8 Å². The molecule has 0 spiro atoms. The molecule has 1 amide bonds. The molecule has 0 bridgehead atoms. The summed E-state index contributed by atoms with van der Waals surface area (Å²) in [5.41, 5.74) is 3.06. The Morgan fingerprint density at radius 2 is 1.76 bits per heavy atom. The Morgan fingerprint density at radius 1 is 1.06 bits per heavy atom. The van der Waals surface area contributed by atoms with E-state index >= 15 is 0 Å². The highest BCUT2D eigenvalue weighted by molar-refractivity contribution is 6.00. The van der Waals surface area contributed by atoms with Crippen molar-refractivity contribution in [1.29, 1.82) is 0 Å². The first-order valence-electron chi connectivity index (χ1n) is 10.9. The second-order valence-electron chi connectivity index (χ2n) is 7.96. The predicted octanol–water partition coefficient (Wildman–Crippen LogP) is 3.32. The molecule has 0 saturated heterocycles. The van der Waals surface area contributed by atoms with Crippen LogP contribution in [0.3, 0.4) is 0 Å². The first-order chi connectivity index (χ1) is 16.3.